The number of halogens is 1. The molecule has 1 atom stereocenters. The SMILES string of the molecule is CC1(C)CCCC(NCc2ccc(O)c(F)c2)C1. The molecule has 3 heteroatoms. The van der Waals surface area contributed by atoms with Crippen LogP contribution in [-0.4, -0.2) is 11.1 Å². The third kappa shape index (κ3) is 3.45. The molecule has 1 aliphatic carbocycles. The molecule has 1 fully saturated rings. The number of nitrogens with one attached hydrogen (secondary N) is 1. The zero-order valence-electron chi connectivity index (χ0n) is 11.2. The van der Waals surface area contributed by atoms with E-state index < -0.39 is 5.82 Å². The first-order valence-electron chi connectivity index (χ1n) is 6.67. The number of phenols is 1. The van der Waals surface area contributed by atoms with Crippen LogP contribution in [0.3, 0.4) is 0 Å². The van der Waals surface area contributed by atoms with Crippen molar-refractivity contribution < 1.29 is 9.50 Å². The minimum atomic E-state index is -0.543. The van der Waals surface area contributed by atoms with E-state index in [2.05, 4.69) is 19.2 Å². The highest BCUT2D eigenvalue weighted by atomic mass is 19.1. The van der Waals surface area contributed by atoms with E-state index in [1.54, 1.807) is 6.07 Å². The Morgan fingerprint density at radius 1 is 1.44 bits per heavy atom. The third-order valence-corrected chi connectivity index (χ3v) is 3.81. The normalized spacial score (nSPS) is 22.9. The lowest BCUT2D eigenvalue weighted by atomic mass is 9.75. The standard InChI is InChI=1S/C15H22FNO/c1-15(2)7-3-4-12(9-15)17-10-11-5-6-14(18)13(16)8-11/h5-6,8,12,17-18H,3-4,7,9-10H2,1-2H3. The molecule has 1 saturated carbocycles. The molecule has 1 aromatic rings. The van der Waals surface area contributed by atoms with Crippen molar-refractivity contribution in [1.82, 2.24) is 5.32 Å². The van der Waals surface area contributed by atoms with Gasteiger partial charge in [-0.25, -0.2) is 4.39 Å². The molecule has 0 spiro atoms. The molecule has 0 saturated heterocycles. The number of phenolic OH excluding ortho intramolecular Hbond substituents is 1. The summed E-state index contributed by atoms with van der Waals surface area (Å²) >= 11 is 0. The van der Waals surface area contributed by atoms with Crippen LogP contribution in [0.2, 0.25) is 0 Å². The topological polar surface area (TPSA) is 32.3 Å². The number of aromatic hydroxyl groups is 1. The Hall–Kier alpha value is -1.09. The molecule has 1 unspecified atom stereocenters. The molecule has 2 N–H and O–H groups in total. The highest BCUT2D eigenvalue weighted by molar-refractivity contribution is 5.27. The highest BCUT2D eigenvalue weighted by Gasteiger charge is 2.27. The first-order chi connectivity index (χ1) is 8.46. The molecule has 2 rings (SSSR count). The maximum atomic E-state index is 13.2. The smallest absolute Gasteiger partial charge is 0.165 e. The lowest BCUT2D eigenvalue weighted by Gasteiger charge is -2.35. The molecule has 0 bridgehead atoms. The van der Waals surface area contributed by atoms with Gasteiger partial charge in [0.05, 0.1) is 0 Å². The van der Waals surface area contributed by atoms with Gasteiger partial charge in [0.1, 0.15) is 0 Å². The van der Waals surface area contributed by atoms with Crippen molar-refractivity contribution in [2.45, 2.75) is 52.1 Å². The molecule has 0 radical (unpaired) electrons. The van der Waals surface area contributed by atoms with Gasteiger partial charge in [0, 0.05) is 12.6 Å². The maximum absolute atomic E-state index is 13.2. The van der Waals surface area contributed by atoms with Crippen LogP contribution in [0.5, 0.6) is 5.75 Å². The van der Waals surface area contributed by atoms with E-state index in [-0.39, 0.29) is 5.75 Å². The maximum Gasteiger partial charge on any atom is 0.165 e. The number of hydrogen-bond acceptors (Lipinski definition) is 2. The number of rotatable bonds is 3. The lowest BCUT2D eigenvalue weighted by molar-refractivity contribution is 0.197. The molecule has 0 aromatic heterocycles. The zero-order valence-corrected chi connectivity index (χ0v) is 11.2. The van der Waals surface area contributed by atoms with E-state index in [0.29, 0.717) is 18.0 Å². The van der Waals surface area contributed by atoms with Crippen LogP contribution < -0.4 is 5.32 Å². The zero-order chi connectivity index (χ0) is 13.2. The first-order valence-corrected chi connectivity index (χ1v) is 6.67. The molecular formula is C15H22FNO. The Balaban J connectivity index is 1.89. The Kier molecular flexibility index (Phi) is 3.91. The van der Waals surface area contributed by atoms with Crippen molar-refractivity contribution in [1.29, 1.82) is 0 Å². The molecule has 1 aromatic carbocycles. The average molecular weight is 251 g/mol. The monoisotopic (exact) mass is 251 g/mol. The molecular weight excluding hydrogens is 229 g/mol. The van der Waals surface area contributed by atoms with Crippen LogP contribution in [0.25, 0.3) is 0 Å². The van der Waals surface area contributed by atoms with E-state index in [1.807, 2.05) is 0 Å². The summed E-state index contributed by atoms with van der Waals surface area (Å²) in [5.41, 5.74) is 1.30. The second-order valence-electron chi connectivity index (χ2n) is 6.12. The summed E-state index contributed by atoms with van der Waals surface area (Å²) in [6.45, 7) is 5.28. The van der Waals surface area contributed by atoms with Gasteiger partial charge in [-0.3, -0.25) is 0 Å². The van der Waals surface area contributed by atoms with Crippen LogP contribution in [0.4, 0.5) is 4.39 Å². The first kappa shape index (κ1) is 13.3. The second-order valence-corrected chi connectivity index (χ2v) is 6.12. The molecule has 2 nitrogen and oxygen atoms in total. The second kappa shape index (κ2) is 5.27. The summed E-state index contributed by atoms with van der Waals surface area (Å²) < 4.78 is 13.2. The fourth-order valence-electron chi connectivity index (χ4n) is 2.79. The van der Waals surface area contributed by atoms with E-state index in [9.17, 15) is 4.39 Å². The van der Waals surface area contributed by atoms with Crippen LogP contribution >= 0.6 is 0 Å². The molecule has 0 aliphatic heterocycles. The van der Waals surface area contributed by atoms with E-state index in [0.717, 1.165) is 5.56 Å². The predicted molar refractivity (Wildman–Crippen MR) is 70.9 cm³/mol. The summed E-state index contributed by atoms with van der Waals surface area (Å²) in [4.78, 5) is 0. The fraction of sp³-hybridized carbons (Fsp3) is 0.600. The van der Waals surface area contributed by atoms with Gasteiger partial charge in [-0.05, 0) is 42.4 Å². The van der Waals surface area contributed by atoms with Gasteiger partial charge in [0.25, 0.3) is 0 Å². The molecule has 0 amide bonds. The van der Waals surface area contributed by atoms with Crippen LogP contribution in [0.1, 0.15) is 45.1 Å². The number of hydrogen-bond donors (Lipinski definition) is 2. The van der Waals surface area contributed by atoms with Crippen LogP contribution in [0.15, 0.2) is 18.2 Å². The number of benzene rings is 1. The van der Waals surface area contributed by atoms with Crippen molar-refractivity contribution >= 4 is 0 Å². The molecule has 18 heavy (non-hydrogen) atoms. The van der Waals surface area contributed by atoms with Gasteiger partial charge in [-0.2, -0.15) is 0 Å². The average Bonchev–Trinajstić information content (AvgIpc) is 2.29. The minimum absolute atomic E-state index is 0.280. The van der Waals surface area contributed by atoms with Crippen molar-refractivity contribution in [3.63, 3.8) is 0 Å². The largest absolute Gasteiger partial charge is 0.505 e. The minimum Gasteiger partial charge on any atom is -0.505 e. The third-order valence-electron chi connectivity index (χ3n) is 3.81. The van der Waals surface area contributed by atoms with Gasteiger partial charge >= 0.3 is 0 Å². The summed E-state index contributed by atoms with van der Waals surface area (Å²) in [6, 6.07) is 5.10. The van der Waals surface area contributed by atoms with Crippen molar-refractivity contribution in [2.75, 3.05) is 0 Å². The Morgan fingerprint density at radius 2 is 2.22 bits per heavy atom. The fourth-order valence-corrected chi connectivity index (χ4v) is 2.79. The van der Waals surface area contributed by atoms with Gasteiger partial charge in [-0.1, -0.05) is 26.3 Å². The summed E-state index contributed by atoms with van der Waals surface area (Å²) in [7, 11) is 0. The molecule has 1 aliphatic rings. The Bertz CT molecular complexity index is 417. The van der Waals surface area contributed by atoms with E-state index in [4.69, 9.17) is 5.11 Å². The van der Waals surface area contributed by atoms with Crippen molar-refractivity contribution in [3.8, 4) is 5.75 Å². The van der Waals surface area contributed by atoms with Crippen LogP contribution in [0, 0.1) is 11.2 Å². The molecule has 100 valence electrons. The van der Waals surface area contributed by atoms with Crippen molar-refractivity contribution in [3.05, 3.63) is 29.6 Å². The van der Waals surface area contributed by atoms with Gasteiger partial charge in [0.15, 0.2) is 11.6 Å². The Morgan fingerprint density at radius 3 is 2.89 bits per heavy atom. The van der Waals surface area contributed by atoms with Gasteiger partial charge < -0.3 is 10.4 Å². The summed E-state index contributed by atoms with van der Waals surface area (Å²) in [5, 5.41) is 12.6. The summed E-state index contributed by atoms with van der Waals surface area (Å²) in [5.74, 6) is -0.823. The van der Waals surface area contributed by atoms with E-state index in [1.165, 1.54) is 37.8 Å². The molecule has 0 heterocycles. The van der Waals surface area contributed by atoms with E-state index >= 15 is 0 Å². The Labute approximate surface area is 108 Å². The lowest BCUT2D eigenvalue weighted by Crippen LogP contribution is -2.36. The van der Waals surface area contributed by atoms with Gasteiger partial charge in [0.2, 0.25) is 0 Å². The van der Waals surface area contributed by atoms with Crippen LogP contribution in [-0.2, 0) is 6.54 Å². The van der Waals surface area contributed by atoms with Crippen molar-refractivity contribution in [2.24, 2.45) is 5.41 Å². The highest BCUT2D eigenvalue weighted by Crippen LogP contribution is 2.35. The summed E-state index contributed by atoms with van der Waals surface area (Å²) in [6.07, 6.45) is 4.92. The quantitative estimate of drug-likeness (QED) is 0.860. The predicted octanol–water partition coefficient (Wildman–Crippen LogP) is 3.59. The van der Waals surface area contributed by atoms with Gasteiger partial charge in [-0.15, -0.1) is 0 Å².